The zero-order valence-corrected chi connectivity index (χ0v) is 16.9. The van der Waals surface area contributed by atoms with Crippen molar-refractivity contribution in [1.82, 2.24) is 9.71 Å². The SMILES string of the molecule is O=C(NS(=O)(=O)c1ccc(Oc2ccccc2)nc1)c1ccc(C(F)(F)F)cc1C(F)(F)F. The Hall–Kier alpha value is -3.61. The Labute approximate surface area is 182 Å². The number of nitrogens with one attached hydrogen (secondary N) is 1. The summed E-state index contributed by atoms with van der Waals surface area (Å²) in [6.45, 7) is 0. The van der Waals surface area contributed by atoms with Gasteiger partial charge in [-0.2, -0.15) is 26.3 Å². The van der Waals surface area contributed by atoms with Crippen LogP contribution in [0.25, 0.3) is 0 Å². The Morgan fingerprint density at radius 3 is 2.09 bits per heavy atom. The molecule has 1 N–H and O–H groups in total. The fraction of sp³-hybridized carbons (Fsp3) is 0.100. The molecule has 0 radical (unpaired) electrons. The van der Waals surface area contributed by atoms with E-state index in [-0.39, 0.29) is 24.1 Å². The van der Waals surface area contributed by atoms with Crippen molar-refractivity contribution in [2.75, 3.05) is 0 Å². The molecule has 0 saturated heterocycles. The van der Waals surface area contributed by atoms with Gasteiger partial charge in [-0.05, 0) is 36.4 Å². The molecule has 2 aromatic carbocycles. The van der Waals surface area contributed by atoms with E-state index in [1.807, 2.05) is 0 Å². The van der Waals surface area contributed by atoms with Gasteiger partial charge in [0.1, 0.15) is 10.6 Å². The number of ether oxygens (including phenoxy) is 1. The maximum atomic E-state index is 13.2. The van der Waals surface area contributed by atoms with Crippen LogP contribution in [0.2, 0.25) is 0 Å². The summed E-state index contributed by atoms with van der Waals surface area (Å²) in [5, 5.41) is 0. The number of hydrogen-bond acceptors (Lipinski definition) is 5. The number of amides is 1. The summed E-state index contributed by atoms with van der Waals surface area (Å²) < 4.78 is 110. The van der Waals surface area contributed by atoms with Crippen LogP contribution >= 0.6 is 0 Å². The number of para-hydroxylation sites is 1. The van der Waals surface area contributed by atoms with E-state index in [9.17, 15) is 39.6 Å². The molecular formula is C20H12F6N2O4S. The molecule has 0 unspecified atom stereocenters. The molecule has 0 aliphatic rings. The Morgan fingerprint density at radius 2 is 1.55 bits per heavy atom. The average Bonchev–Trinajstić information content (AvgIpc) is 2.73. The number of benzene rings is 2. The van der Waals surface area contributed by atoms with Gasteiger partial charge in [0.05, 0.1) is 22.9 Å². The molecule has 0 aliphatic heterocycles. The predicted octanol–water partition coefficient (Wildman–Crippen LogP) is 5.03. The van der Waals surface area contributed by atoms with Crippen molar-refractivity contribution < 1.29 is 44.3 Å². The molecule has 0 aliphatic carbocycles. The monoisotopic (exact) mass is 490 g/mol. The van der Waals surface area contributed by atoms with E-state index in [4.69, 9.17) is 4.74 Å². The summed E-state index contributed by atoms with van der Waals surface area (Å²) in [4.78, 5) is 15.4. The molecule has 33 heavy (non-hydrogen) atoms. The molecule has 0 spiro atoms. The number of pyridine rings is 1. The highest BCUT2D eigenvalue weighted by atomic mass is 32.2. The molecule has 0 fully saturated rings. The summed E-state index contributed by atoms with van der Waals surface area (Å²) >= 11 is 0. The molecule has 0 atom stereocenters. The van der Waals surface area contributed by atoms with Gasteiger partial charge in [0.25, 0.3) is 15.9 Å². The number of alkyl halides is 6. The molecule has 0 bridgehead atoms. The van der Waals surface area contributed by atoms with Crippen molar-refractivity contribution in [3.8, 4) is 11.6 Å². The molecule has 3 rings (SSSR count). The first-order valence-corrected chi connectivity index (χ1v) is 10.3. The van der Waals surface area contributed by atoms with E-state index in [2.05, 4.69) is 4.98 Å². The van der Waals surface area contributed by atoms with Crippen molar-refractivity contribution in [1.29, 1.82) is 0 Å². The topological polar surface area (TPSA) is 85.4 Å². The number of rotatable bonds is 5. The van der Waals surface area contributed by atoms with Crippen LogP contribution in [0.5, 0.6) is 11.6 Å². The Morgan fingerprint density at radius 1 is 0.879 bits per heavy atom. The van der Waals surface area contributed by atoms with Crippen molar-refractivity contribution >= 4 is 15.9 Å². The molecular weight excluding hydrogens is 478 g/mol. The highest BCUT2D eigenvalue weighted by molar-refractivity contribution is 7.90. The second-order valence-electron chi connectivity index (χ2n) is 6.44. The van der Waals surface area contributed by atoms with Crippen LogP contribution in [0.15, 0.2) is 71.8 Å². The van der Waals surface area contributed by atoms with Crippen LogP contribution in [0.3, 0.4) is 0 Å². The van der Waals surface area contributed by atoms with Gasteiger partial charge in [0, 0.05) is 6.07 Å². The van der Waals surface area contributed by atoms with E-state index in [1.165, 1.54) is 4.72 Å². The Balaban J connectivity index is 1.85. The minimum Gasteiger partial charge on any atom is -0.439 e. The summed E-state index contributed by atoms with van der Waals surface area (Å²) in [5.41, 5.74) is -4.88. The third kappa shape index (κ3) is 5.80. The lowest BCUT2D eigenvalue weighted by atomic mass is 10.0. The van der Waals surface area contributed by atoms with Crippen LogP contribution in [-0.2, 0) is 22.4 Å². The first-order chi connectivity index (χ1) is 15.3. The minimum atomic E-state index is -5.35. The highest BCUT2D eigenvalue weighted by Gasteiger charge is 2.40. The molecule has 1 heterocycles. The van der Waals surface area contributed by atoms with Gasteiger partial charge in [-0.3, -0.25) is 4.79 Å². The van der Waals surface area contributed by atoms with Crippen molar-refractivity contribution in [3.63, 3.8) is 0 Å². The number of halogens is 6. The van der Waals surface area contributed by atoms with Crippen LogP contribution in [-0.4, -0.2) is 19.3 Å². The van der Waals surface area contributed by atoms with Gasteiger partial charge in [-0.25, -0.2) is 18.1 Å². The molecule has 3 aromatic rings. The van der Waals surface area contributed by atoms with Crippen LogP contribution in [0, 0.1) is 0 Å². The van der Waals surface area contributed by atoms with Crippen molar-refractivity contribution in [3.05, 3.63) is 83.6 Å². The number of aromatic nitrogens is 1. The molecule has 6 nitrogen and oxygen atoms in total. The molecule has 13 heteroatoms. The Bertz CT molecular complexity index is 1260. The second kappa shape index (κ2) is 8.73. The molecule has 174 valence electrons. The zero-order chi connectivity index (χ0) is 24.4. The highest BCUT2D eigenvalue weighted by Crippen LogP contribution is 2.37. The maximum absolute atomic E-state index is 13.2. The normalized spacial score (nSPS) is 12.3. The van der Waals surface area contributed by atoms with E-state index < -0.39 is 49.9 Å². The first-order valence-electron chi connectivity index (χ1n) is 8.82. The lowest BCUT2D eigenvalue weighted by Crippen LogP contribution is -2.32. The van der Waals surface area contributed by atoms with Crippen LogP contribution in [0.4, 0.5) is 26.3 Å². The summed E-state index contributed by atoms with van der Waals surface area (Å²) in [7, 11) is -4.71. The van der Waals surface area contributed by atoms with E-state index in [0.29, 0.717) is 5.75 Å². The van der Waals surface area contributed by atoms with E-state index in [0.717, 1.165) is 18.3 Å². The lowest BCUT2D eigenvalue weighted by molar-refractivity contribution is -0.143. The van der Waals surface area contributed by atoms with Gasteiger partial charge < -0.3 is 4.74 Å². The van der Waals surface area contributed by atoms with Gasteiger partial charge in [-0.1, -0.05) is 18.2 Å². The van der Waals surface area contributed by atoms with Gasteiger partial charge >= 0.3 is 12.4 Å². The molecule has 1 amide bonds. The largest absolute Gasteiger partial charge is 0.439 e. The fourth-order valence-electron chi connectivity index (χ4n) is 2.58. The summed E-state index contributed by atoms with van der Waals surface area (Å²) in [6.07, 6.45) is -9.66. The van der Waals surface area contributed by atoms with Crippen LogP contribution in [0.1, 0.15) is 21.5 Å². The number of carbonyl (C=O) groups excluding carboxylic acids is 1. The summed E-state index contributed by atoms with van der Waals surface area (Å²) in [6, 6.07) is 10.7. The first kappa shape index (κ1) is 24.0. The molecule has 1 aromatic heterocycles. The summed E-state index contributed by atoms with van der Waals surface area (Å²) in [5.74, 6) is -1.37. The van der Waals surface area contributed by atoms with Crippen LogP contribution < -0.4 is 9.46 Å². The van der Waals surface area contributed by atoms with E-state index >= 15 is 0 Å². The van der Waals surface area contributed by atoms with E-state index in [1.54, 1.807) is 30.3 Å². The van der Waals surface area contributed by atoms with Crippen molar-refractivity contribution in [2.24, 2.45) is 0 Å². The quantitative estimate of drug-likeness (QED) is 0.507. The number of sulfonamides is 1. The smallest absolute Gasteiger partial charge is 0.417 e. The average molecular weight is 490 g/mol. The van der Waals surface area contributed by atoms with Crippen molar-refractivity contribution in [2.45, 2.75) is 17.2 Å². The third-order valence-electron chi connectivity index (χ3n) is 4.11. The number of nitrogens with zero attached hydrogens (tertiary/aromatic N) is 1. The Kier molecular flexibility index (Phi) is 6.36. The van der Waals surface area contributed by atoms with Gasteiger partial charge in [0.2, 0.25) is 5.88 Å². The van der Waals surface area contributed by atoms with Gasteiger partial charge in [0.15, 0.2) is 0 Å². The fourth-order valence-corrected chi connectivity index (χ4v) is 3.49. The number of hydrogen-bond donors (Lipinski definition) is 1. The lowest BCUT2D eigenvalue weighted by Gasteiger charge is -2.16. The maximum Gasteiger partial charge on any atom is 0.417 e. The van der Waals surface area contributed by atoms with Gasteiger partial charge in [-0.15, -0.1) is 0 Å². The third-order valence-corrected chi connectivity index (χ3v) is 5.43. The minimum absolute atomic E-state index is 0.00595. The molecule has 0 saturated carbocycles. The predicted molar refractivity (Wildman–Crippen MR) is 102 cm³/mol. The number of carbonyl (C=O) groups is 1. The standard InChI is InChI=1S/C20H12F6N2O4S/c21-19(22,23)12-6-8-15(16(10-12)20(24,25)26)18(29)28-33(30,31)14-7-9-17(27-11-14)32-13-4-2-1-3-5-13/h1-11H,(H,28,29). The zero-order valence-electron chi connectivity index (χ0n) is 16.1. The second-order valence-corrected chi connectivity index (χ2v) is 8.12.